The summed E-state index contributed by atoms with van der Waals surface area (Å²) in [6.45, 7) is 0. The molecule has 0 atom stereocenters. The zero-order chi connectivity index (χ0) is 19.3. The molecule has 0 spiro atoms. The SMILES string of the molecule is Oc1ccc(C=Cc2ccc(O)c(-c3ccccc3)c2)cc1-c1ccccc1. The molecule has 136 valence electrons. The van der Waals surface area contributed by atoms with Crippen LogP contribution in [0.15, 0.2) is 97.1 Å². The van der Waals surface area contributed by atoms with E-state index in [0.29, 0.717) is 0 Å². The van der Waals surface area contributed by atoms with Gasteiger partial charge in [0.15, 0.2) is 0 Å². The first-order valence-corrected chi connectivity index (χ1v) is 9.16. The highest BCUT2D eigenvalue weighted by Crippen LogP contribution is 2.32. The van der Waals surface area contributed by atoms with Crippen LogP contribution in [0.3, 0.4) is 0 Å². The van der Waals surface area contributed by atoms with Gasteiger partial charge in [0, 0.05) is 11.1 Å². The Morgan fingerprint density at radius 3 is 1.25 bits per heavy atom. The third-order valence-electron chi connectivity index (χ3n) is 4.68. The third-order valence-corrected chi connectivity index (χ3v) is 4.68. The molecule has 28 heavy (non-hydrogen) atoms. The summed E-state index contributed by atoms with van der Waals surface area (Å²) in [4.78, 5) is 0. The van der Waals surface area contributed by atoms with Crippen molar-refractivity contribution in [2.75, 3.05) is 0 Å². The molecule has 2 nitrogen and oxygen atoms in total. The Morgan fingerprint density at radius 1 is 0.464 bits per heavy atom. The van der Waals surface area contributed by atoms with Crippen molar-refractivity contribution in [1.82, 2.24) is 0 Å². The van der Waals surface area contributed by atoms with Crippen molar-refractivity contribution in [3.8, 4) is 33.8 Å². The van der Waals surface area contributed by atoms with Crippen molar-refractivity contribution >= 4 is 12.2 Å². The second-order valence-corrected chi connectivity index (χ2v) is 6.62. The lowest BCUT2D eigenvalue weighted by Gasteiger charge is -2.07. The molecule has 0 radical (unpaired) electrons. The topological polar surface area (TPSA) is 40.5 Å². The summed E-state index contributed by atoms with van der Waals surface area (Å²) in [6.07, 6.45) is 4.01. The molecule has 0 amide bonds. The Morgan fingerprint density at radius 2 is 0.857 bits per heavy atom. The Kier molecular flexibility index (Phi) is 4.94. The molecule has 2 N–H and O–H groups in total. The number of hydrogen-bond donors (Lipinski definition) is 2. The maximum atomic E-state index is 10.2. The van der Waals surface area contributed by atoms with E-state index in [1.807, 2.05) is 97.1 Å². The van der Waals surface area contributed by atoms with Crippen molar-refractivity contribution in [3.05, 3.63) is 108 Å². The predicted molar refractivity (Wildman–Crippen MR) is 116 cm³/mol. The van der Waals surface area contributed by atoms with Gasteiger partial charge in [0.05, 0.1) is 0 Å². The van der Waals surface area contributed by atoms with Crippen molar-refractivity contribution in [2.45, 2.75) is 0 Å². The van der Waals surface area contributed by atoms with Crippen LogP contribution in [0.1, 0.15) is 11.1 Å². The fraction of sp³-hybridized carbons (Fsp3) is 0. The summed E-state index contributed by atoms with van der Waals surface area (Å²) in [5.41, 5.74) is 5.55. The maximum absolute atomic E-state index is 10.2. The molecule has 4 aromatic rings. The van der Waals surface area contributed by atoms with Gasteiger partial charge < -0.3 is 10.2 Å². The lowest BCUT2D eigenvalue weighted by Crippen LogP contribution is -1.82. The van der Waals surface area contributed by atoms with Gasteiger partial charge in [-0.3, -0.25) is 0 Å². The Bertz CT molecular complexity index is 1020. The molecule has 0 unspecified atom stereocenters. The monoisotopic (exact) mass is 364 g/mol. The Balaban J connectivity index is 1.65. The van der Waals surface area contributed by atoms with Crippen LogP contribution >= 0.6 is 0 Å². The Hall–Kier alpha value is -3.78. The van der Waals surface area contributed by atoms with E-state index in [9.17, 15) is 10.2 Å². The van der Waals surface area contributed by atoms with Gasteiger partial charge in [-0.05, 0) is 46.5 Å². The van der Waals surface area contributed by atoms with Gasteiger partial charge in [-0.1, -0.05) is 84.9 Å². The minimum absolute atomic E-state index is 0.263. The van der Waals surface area contributed by atoms with Gasteiger partial charge in [-0.15, -0.1) is 0 Å². The van der Waals surface area contributed by atoms with Crippen molar-refractivity contribution < 1.29 is 10.2 Å². The molecule has 4 aromatic carbocycles. The average molecular weight is 364 g/mol. The molecule has 4 rings (SSSR count). The van der Waals surface area contributed by atoms with E-state index in [0.717, 1.165) is 33.4 Å². The second kappa shape index (κ2) is 7.85. The van der Waals surface area contributed by atoms with Crippen LogP contribution in [0, 0.1) is 0 Å². The lowest BCUT2D eigenvalue weighted by atomic mass is 10.00. The predicted octanol–water partition coefficient (Wildman–Crippen LogP) is 6.60. The highest BCUT2D eigenvalue weighted by atomic mass is 16.3. The normalized spacial score (nSPS) is 11.0. The molecule has 0 aromatic heterocycles. The van der Waals surface area contributed by atoms with E-state index in [4.69, 9.17) is 0 Å². The summed E-state index contributed by atoms with van der Waals surface area (Å²) < 4.78 is 0. The van der Waals surface area contributed by atoms with Crippen LogP contribution in [-0.2, 0) is 0 Å². The molecular weight excluding hydrogens is 344 g/mol. The minimum Gasteiger partial charge on any atom is -0.507 e. The molecular formula is C26H20O2. The molecule has 0 saturated carbocycles. The first-order valence-electron chi connectivity index (χ1n) is 9.16. The molecule has 0 heterocycles. The summed E-state index contributed by atoms with van der Waals surface area (Å²) in [7, 11) is 0. The largest absolute Gasteiger partial charge is 0.507 e. The van der Waals surface area contributed by atoms with E-state index in [2.05, 4.69) is 0 Å². The smallest absolute Gasteiger partial charge is 0.123 e. The van der Waals surface area contributed by atoms with Gasteiger partial charge in [-0.2, -0.15) is 0 Å². The van der Waals surface area contributed by atoms with E-state index in [-0.39, 0.29) is 11.5 Å². The first-order chi connectivity index (χ1) is 13.7. The lowest BCUT2D eigenvalue weighted by molar-refractivity contribution is 0.477. The van der Waals surface area contributed by atoms with Crippen molar-refractivity contribution in [3.63, 3.8) is 0 Å². The second-order valence-electron chi connectivity index (χ2n) is 6.62. The van der Waals surface area contributed by atoms with E-state index >= 15 is 0 Å². The van der Waals surface area contributed by atoms with Gasteiger partial charge in [-0.25, -0.2) is 0 Å². The van der Waals surface area contributed by atoms with Crippen LogP contribution in [0.4, 0.5) is 0 Å². The van der Waals surface area contributed by atoms with Crippen molar-refractivity contribution in [2.24, 2.45) is 0 Å². The summed E-state index contributed by atoms with van der Waals surface area (Å²) in [5, 5.41) is 20.4. The standard InChI is InChI=1S/C26H20O2/c27-25-15-13-19(17-23(25)21-7-3-1-4-8-21)11-12-20-14-16-26(28)24(18-20)22-9-5-2-6-10-22/h1-18,27-28H. The van der Waals surface area contributed by atoms with E-state index < -0.39 is 0 Å². The van der Waals surface area contributed by atoms with Crippen LogP contribution in [0.25, 0.3) is 34.4 Å². The zero-order valence-electron chi connectivity index (χ0n) is 15.3. The third kappa shape index (κ3) is 3.81. The molecule has 0 bridgehead atoms. The molecule has 0 aliphatic carbocycles. The quantitative estimate of drug-likeness (QED) is 0.400. The summed E-state index contributed by atoms with van der Waals surface area (Å²) in [5.74, 6) is 0.527. The van der Waals surface area contributed by atoms with Gasteiger partial charge in [0.2, 0.25) is 0 Å². The maximum Gasteiger partial charge on any atom is 0.123 e. The van der Waals surface area contributed by atoms with Gasteiger partial charge >= 0.3 is 0 Å². The number of rotatable bonds is 4. The van der Waals surface area contributed by atoms with Crippen LogP contribution < -0.4 is 0 Å². The Labute approximate surface area is 164 Å². The molecule has 0 aliphatic rings. The fourth-order valence-electron chi connectivity index (χ4n) is 3.20. The van der Waals surface area contributed by atoms with E-state index in [1.54, 1.807) is 12.1 Å². The average Bonchev–Trinajstić information content (AvgIpc) is 2.75. The van der Waals surface area contributed by atoms with Gasteiger partial charge in [0.1, 0.15) is 11.5 Å². The number of phenolic OH excluding ortho intramolecular Hbond substituents is 2. The zero-order valence-corrected chi connectivity index (χ0v) is 15.3. The van der Waals surface area contributed by atoms with Gasteiger partial charge in [0.25, 0.3) is 0 Å². The molecule has 0 fully saturated rings. The molecule has 0 aliphatic heterocycles. The number of benzene rings is 4. The van der Waals surface area contributed by atoms with Crippen LogP contribution in [0.5, 0.6) is 11.5 Å². The minimum atomic E-state index is 0.263. The van der Waals surface area contributed by atoms with Crippen LogP contribution in [0.2, 0.25) is 0 Å². The number of phenols is 2. The summed E-state index contributed by atoms with van der Waals surface area (Å²) in [6, 6.07) is 30.8. The highest BCUT2D eigenvalue weighted by molar-refractivity contribution is 5.79. The number of hydrogen-bond acceptors (Lipinski definition) is 2. The van der Waals surface area contributed by atoms with E-state index in [1.165, 1.54) is 0 Å². The first kappa shape index (κ1) is 17.6. The van der Waals surface area contributed by atoms with Crippen LogP contribution in [-0.4, -0.2) is 10.2 Å². The van der Waals surface area contributed by atoms with Crippen molar-refractivity contribution in [1.29, 1.82) is 0 Å². The molecule has 2 heteroatoms. The fourth-order valence-corrected chi connectivity index (χ4v) is 3.20. The summed E-state index contributed by atoms with van der Waals surface area (Å²) >= 11 is 0. The number of aromatic hydroxyl groups is 2. The highest BCUT2D eigenvalue weighted by Gasteiger charge is 2.06. The molecule has 0 saturated heterocycles.